The standard InChI is InChI=1S/C16H27NO2/c1-4-5-6-7-14(17)10-8-13-9-11-15(18-2)16(12-13)19-3/h9,11-12,14H,4-8,10,17H2,1-3H3. The maximum absolute atomic E-state index is 6.13. The lowest BCUT2D eigenvalue weighted by Gasteiger charge is -2.13. The monoisotopic (exact) mass is 265 g/mol. The Labute approximate surface area is 117 Å². The molecule has 0 aromatic heterocycles. The third-order valence-electron chi connectivity index (χ3n) is 3.43. The van der Waals surface area contributed by atoms with Gasteiger partial charge in [0.25, 0.3) is 0 Å². The van der Waals surface area contributed by atoms with Crippen molar-refractivity contribution >= 4 is 0 Å². The van der Waals surface area contributed by atoms with Gasteiger partial charge in [-0.15, -0.1) is 0 Å². The highest BCUT2D eigenvalue weighted by Gasteiger charge is 2.07. The van der Waals surface area contributed by atoms with E-state index >= 15 is 0 Å². The lowest BCUT2D eigenvalue weighted by molar-refractivity contribution is 0.354. The number of hydrogen-bond acceptors (Lipinski definition) is 3. The quantitative estimate of drug-likeness (QED) is 0.694. The number of nitrogens with two attached hydrogens (primary N) is 1. The van der Waals surface area contributed by atoms with E-state index in [1.54, 1.807) is 14.2 Å². The van der Waals surface area contributed by atoms with E-state index in [0.717, 1.165) is 30.8 Å². The van der Waals surface area contributed by atoms with Crippen LogP contribution in [0.2, 0.25) is 0 Å². The molecular formula is C16H27NO2. The number of benzene rings is 1. The van der Waals surface area contributed by atoms with E-state index < -0.39 is 0 Å². The van der Waals surface area contributed by atoms with Crippen LogP contribution in [0, 0.1) is 0 Å². The van der Waals surface area contributed by atoms with Crippen LogP contribution in [0.5, 0.6) is 11.5 Å². The predicted octanol–water partition coefficient (Wildman–Crippen LogP) is 3.54. The molecule has 3 nitrogen and oxygen atoms in total. The molecule has 1 rings (SSSR count). The van der Waals surface area contributed by atoms with E-state index in [2.05, 4.69) is 13.0 Å². The fraction of sp³-hybridized carbons (Fsp3) is 0.625. The van der Waals surface area contributed by atoms with E-state index in [-0.39, 0.29) is 0 Å². The summed E-state index contributed by atoms with van der Waals surface area (Å²) in [4.78, 5) is 0. The van der Waals surface area contributed by atoms with Crippen LogP contribution in [0.1, 0.15) is 44.6 Å². The summed E-state index contributed by atoms with van der Waals surface area (Å²) in [5.41, 5.74) is 7.39. The molecule has 19 heavy (non-hydrogen) atoms. The normalized spacial score (nSPS) is 12.2. The first-order chi connectivity index (χ1) is 9.21. The summed E-state index contributed by atoms with van der Waals surface area (Å²) in [6, 6.07) is 6.38. The van der Waals surface area contributed by atoms with E-state index in [1.807, 2.05) is 12.1 Å². The van der Waals surface area contributed by atoms with Gasteiger partial charge in [-0.2, -0.15) is 0 Å². The molecule has 1 atom stereocenters. The topological polar surface area (TPSA) is 44.5 Å². The van der Waals surface area contributed by atoms with Crippen molar-refractivity contribution in [2.45, 2.75) is 51.5 Å². The minimum atomic E-state index is 0.305. The molecule has 0 bridgehead atoms. The summed E-state index contributed by atoms with van der Waals surface area (Å²) >= 11 is 0. The first kappa shape index (κ1) is 15.8. The summed E-state index contributed by atoms with van der Waals surface area (Å²) in [5.74, 6) is 1.57. The van der Waals surface area contributed by atoms with E-state index in [4.69, 9.17) is 15.2 Å². The Bertz CT molecular complexity index is 366. The smallest absolute Gasteiger partial charge is 0.160 e. The Morgan fingerprint density at radius 2 is 1.79 bits per heavy atom. The number of rotatable bonds is 9. The van der Waals surface area contributed by atoms with Gasteiger partial charge in [-0.3, -0.25) is 0 Å². The highest BCUT2D eigenvalue weighted by Crippen LogP contribution is 2.28. The zero-order valence-corrected chi connectivity index (χ0v) is 12.4. The first-order valence-electron chi connectivity index (χ1n) is 7.17. The van der Waals surface area contributed by atoms with Crippen molar-refractivity contribution in [2.24, 2.45) is 5.73 Å². The average Bonchev–Trinajstić information content (AvgIpc) is 2.45. The second-order valence-corrected chi connectivity index (χ2v) is 4.98. The molecule has 1 unspecified atom stereocenters. The minimum Gasteiger partial charge on any atom is -0.493 e. The highest BCUT2D eigenvalue weighted by molar-refractivity contribution is 5.42. The van der Waals surface area contributed by atoms with Crippen molar-refractivity contribution in [3.8, 4) is 11.5 Å². The lowest BCUT2D eigenvalue weighted by atomic mass is 10.0. The largest absolute Gasteiger partial charge is 0.493 e. The Morgan fingerprint density at radius 3 is 2.42 bits per heavy atom. The van der Waals surface area contributed by atoms with Crippen molar-refractivity contribution in [1.82, 2.24) is 0 Å². The van der Waals surface area contributed by atoms with Gasteiger partial charge in [0.15, 0.2) is 11.5 Å². The minimum absolute atomic E-state index is 0.305. The van der Waals surface area contributed by atoms with Crippen LogP contribution in [-0.4, -0.2) is 20.3 Å². The molecule has 0 heterocycles. The SMILES string of the molecule is CCCCCC(N)CCc1ccc(OC)c(OC)c1. The molecule has 1 aromatic rings. The van der Waals surface area contributed by atoms with Gasteiger partial charge in [-0.25, -0.2) is 0 Å². The summed E-state index contributed by atoms with van der Waals surface area (Å²) in [6.07, 6.45) is 6.92. The maximum atomic E-state index is 6.13. The fourth-order valence-corrected chi connectivity index (χ4v) is 2.19. The van der Waals surface area contributed by atoms with Crippen LogP contribution in [0.25, 0.3) is 0 Å². The number of methoxy groups -OCH3 is 2. The average molecular weight is 265 g/mol. The van der Waals surface area contributed by atoms with Gasteiger partial charge >= 0.3 is 0 Å². The number of aryl methyl sites for hydroxylation is 1. The van der Waals surface area contributed by atoms with Gasteiger partial charge in [0.2, 0.25) is 0 Å². The summed E-state index contributed by atoms with van der Waals surface area (Å²) in [5, 5.41) is 0. The molecule has 3 heteroatoms. The molecule has 0 aliphatic heterocycles. The van der Waals surface area contributed by atoms with E-state index in [9.17, 15) is 0 Å². The molecule has 108 valence electrons. The van der Waals surface area contributed by atoms with Crippen LogP contribution in [-0.2, 0) is 6.42 Å². The van der Waals surface area contributed by atoms with Gasteiger partial charge in [0, 0.05) is 6.04 Å². The molecule has 0 fully saturated rings. The number of hydrogen-bond donors (Lipinski definition) is 1. The number of ether oxygens (including phenoxy) is 2. The Morgan fingerprint density at radius 1 is 1.05 bits per heavy atom. The van der Waals surface area contributed by atoms with Gasteiger partial charge in [0.05, 0.1) is 14.2 Å². The molecule has 0 spiro atoms. The molecular weight excluding hydrogens is 238 g/mol. The van der Waals surface area contributed by atoms with Gasteiger partial charge in [-0.05, 0) is 37.0 Å². The molecule has 2 N–H and O–H groups in total. The molecule has 0 saturated carbocycles. The summed E-state index contributed by atoms with van der Waals surface area (Å²) < 4.78 is 10.5. The Hall–Kier alpha value is -1.22. The third kappa shape index (κ3) is 5.52. The molecule has 0 aliphatic rings. The van der Waals surface area contributed by atoms with Crippen LogP contribution in [0.3, 0.4) is 0 Å². The van der Waals surface area contributed by atoms with Crippen molar-refractivity contribution in [1.29, 1.82) is 0 Å². The van der Waals surface area contributed by atoms with Crippen LogP contribution >= 0.6 is 0 Å². The zero-order chi connectivity index (χ0) is 14.1. The lowest BCUT2D eigenvalue weighted by Crippen LogP contribution is -2.20. The predicted molar refractivity (Wildman–Crippen MR) is 80.0 cm³/mol. The second kappa shape index (κ2) is 8.81. The Balaban J connectivity index is 2.44. The first-order valence-corrected chi connectivity index (χ1v) is 7.17. The molecule has 0 radical (unpaired) electrons. The van der Waals surface area contributed by atoms with E-state index in [1.165, 1.54) is 24.8 Å². The highest BCUT2D eigenvalue weighted by atomic mass is 16.5. The van der Waals surface area contributed by atoms with Crippen molar-refractivity contribution in [3.63, 3.8) is 0 Å². The van der Waals surface area contributed by atoms with Crippen molar-refractivity contribution in [2.75, 3.05) is 14.2 Å². The number of unbranched alkanes of at least 4 members (excludes halogenated alkanes) is 2. The van der Waals surface area contributed by atoms with Crippen molar-refractivity contribution in [3.05, 3.63) is 23.8 Å². The zero-order valence-electron chi connectivity index (χ0n) is 12.4. The van der Waals surface area contributed by atoms with Crippen LogP contribution in [0.15, 0.2) is 18.2 Å². The molecule has 0 amide bonds. The van der Waals surface area contributed by atoms with Crippen LogP contribution < -0.4 is 15.2 Å². The summed E-state index contributed by atoms with van der Waals surface area (Å²) in [7, 11) is 3.32. The Kier molecular flexibility index (Phi) is 7.34. The fourth-order valence-electron chi connectivity index (χ4n) is 2.19. The maximum Gasteiger partial charge on any atom is 0.160 e. The second-order valence-electron chi connectivity index (χ2n) is 4.98. The molecule has 0 saturated heterocycles. The van der Waals surface area contributed by atoms with Crippen molar-refractivity contribution < 1.29 is 9.47 Å². The van der Waals surface area contributed by atoms with Gasteiger partial charge in [-0.1, -0.05) is 32.3 Å². The van der Waals surface area contributed by atoms with Gasteiger partial charge in [0.1, 0.15) is 0 Å². The van der Waals surface area contributed by atoms with Gasteiger partial charge < -0.3 is 15.2 Å². The summed E-state index contributed by atoms with van der Waals surface area (Å²) in [6.45, 7) is 2.22. The van der Waals surface area contributed by atoms with Crippen LogP contribution in [0.4, 0.5) is 0 Å². The van der Waals surface area contributed by atoms with E-state index in [0.29, 0.717) is 6.04 Å². The molecule has 0 aliphatic carbocycles. The molecule has 1 aromatic carbocycles. The third-order valence-corrected chi connectivity index (χ3v) is 3.43.